The van der Waals surface area contributed by atoms with Crippen LogP contribution in [0.5, 0.6) is 0 Å². The summed E-state index contributed by atoms with van der Waals surface area (Å²) in [7, 11) is 0. The van der Waals surface area contributed by atoms with Crippen molar-refractivity contribution in [2.45, 2.75) is 46.1 Å². The van der Waals surface area contributed by atoms with Gasteiger partial charge in [-0.05, 0) is 77.9 Å². The first-order valence-corrected chi connectivity index (χ1v) is 11.6. The fourth-order valence-electron chi connectivity index (χ4n) is 5.38. The number of hydrogen-bond acceptors (Lipinski definition) is 1. The van der Waals surface area contributed by atoms with Crippen LogP contribution in [0.3, 0.4) is 0 Å². The third kappa shape index (κ3) is 3.15. The smallest absolute Gasteiger partial charge is 0.0449 e. The third-order valence-corrected chi connectivity index (χ3v) is 7.01. The molecule has 1 aliphatic rings. The number of fused-ring (bicyclic) bond motifs is 3. The largest absolute Gasteiger partial charge is 0.339 e. The summed E-state index contributed by atoms with van der Waals surface area (Å²) in [6.07, 6.45) is 0. The number of benzene rings is 4. The predicted molar refractivity (Wildman–Crippen MR) is 138 cm³/mol. The molecule has 160 valence electrons. The zero-order valence-corrected chi connectivity index (χ0v) is 19.7. The van der Waals surface area contributed by atoms with Crippen molar-refractivity contribution >= 4 is 11.4 Å². The van der Waals surface area contributed by atoms with Crippen molar-refractivity contribution < 1.29 is 0 Å². The van der Waals surface area contributed by atoms with Crippen molar-refractivity contribution in [1.82, 2.24) is 0 Å². The first-order valence-electron chi connectivity index (χ1n) is 11.6. The van der Waals surface area contributed by atoms with Crippen LogP contribution in [0.1, 0.15) is 44.4 Å². The lowest BCUT2D eigenvalue weighted by Crippen LogP contribution is -2.26. The fourth-order valence-corrected chi connectivity index (χ4v) is 5.38. The van der Waals surface area contributed by atoms with Gasteiger partial charge in [0.05, 0.1) is 0 Å². The number of rotatable bonds is 4. The van der Waals surface area contributed by atoms with Gasteiger partial charge in [0, 0.05) is 22.8 Å². The second kappa shape index (κ2) is 7.67. The SMILES string of the molecule is Cc1c(N(c2ccc(-c3ccccc3)cc2)C(C)C)ccc2c1-c1ccccc1C2(C)C. The van der Waals surface area contributed by atoms with Crippen LogP contribution < -0.4 is 4.90 Å². The van der Waals surface area contributed by atoms with Crippen LogP contribution >= 0.6 is 0 Å². The molecule has 5 rings (SSSR count). The Hall–Kier alpha value is -3.32. The molecule has 0 fully saturated rings. The molecule has 0 spiro atoms. The summed E-state index contributed by atoms with van der Waals surface area (Å²) in [5, 5.41) is 0. The molecule has 0 saturated carbocycles. The average Bonchev–Trinajstić information content (AvgIpc) is 3.04. The molecular formula is C31H31N. The van der Waals surface area contributed by atoms with Gasteiger partial charge < -0.3 is 4.90 Å². The minimum atomic E-state index is 0.0369. The van der Waals surface area contributed by atoms with Gasteiger partial charge in [-0.15, -0.1) is 0 Å². The Labute approximate surface area is 192 Å². The van der Waals surface area contributed by atoms with E-state index in [0.717, 1.165) is 0 Å². The summed E-state index contributed by atoms with van der Waals surface area (Å²) in [5.41, 5.74) is 12.1. The standard InChI is InChI=1S/C31H31N/c1-21(2)32(25-17-15-24(16-18-25)23-11-7-6-8-12-23)29-20-19-28-30(22(29)3)26-13-9-10-14-27(26)31(28,4)5/h6-21H,1-5H3. The van der Waals surface area contributed by atoms with Gasteiger partial charge in [-0.3, -0.25) is 0 Å². The molecule has 4 aromatic rings. The van der Waals surface area contributed by atoms with Gasteiger partial charge in [-0.2, -0.15) is 0 Å². The summed E-state index contributed by atoms with van der Waals surface area (Å²) in [6.45, 7) is 11.5. The van der Waals surface area contributed by atoms with Crippen LogP contribution in [0, 0.1) is 6.92 Å². The Balaban J connectivity index is 1.61. The highest BCUT2D eigenvalue weighted by Crippen LogP contribution is 2.52. The summed E-state index contributed by atoms with van der Waals surface area (Å²) in [6, 6.07) is 33.5. The van der Waals surface area contributed by atoms with Crippen molar-refractivity contribution in [2.75, 3.05) is 4.90 Å². The van der Waals surface area contributed by atoms with Gasteiger partial charge in [-0.1, -0.05) is 86.6 Å². The Morgan fingerprint density at radius 3 is 1.97 bits per heavy atom. The lowest BCUT2D eigenvalue weighted by atomic mass is 9.82. The maximum absolute atomic E-state index is 2.47. The maximum atomic E-state index is 2.47. The molecule has 0 bridgehead atoms. The Bertz CT molecular complexity index is 1260. The van der Waals surface area contributed by atoms with Crippen LogP contribution in [-0.2, 0) is 5.41 Å². The fraction of sp³-hybridized carbons (Fsp3) is 0.226. The average molecular weight is 418 g/mol. The summed E-state index contributed by atoms with van der Waals surface area (Å²) in [4.78, 5) is 2.47. The van der Waals surface area contributed by atoms with E-state index in [2.05, 4.69) is 131 Å². The molecule has 0 amide bonds. The summed E-state index contributed by atoms with van der Waals surface area (Å²) >= 11 is 0. The van der Waals surface area contributed by atoms with Gasteiger partial charge in [0.2, 0.25) is 0 Å². The lowest BCUT2D eigenvalue weighted by Gasteiger charge is -2.32. The molecule has 0 atom stereocenters. The van der Waals surface area contributed by atoms with Crippen LogP contribution in [-0.4, -0.2) is 6.04 Å². The molecule has 0 N–H and O–H groups in total. The van der Waals surface area contributed by atoms with E-state index in [0.29, 0.717) is 6.04 Å². The van der Waals surface area contributed by atoms with Crippen molar-refractivity contribution in [2.24, 2.45) is 0 Å². The third-order valence-electron chi connectivity index (χ3n) is 7.01. The molecule has 4 aromatic carbocycles. The molecule has 1 nitrogen and oxygen atoms in total. The van der Waals surface area contributed by atoms with Crippen LogP contribution in [0.25, 0.3) is 22.3 Å². The van der Waals surface area contributed by atoms with Crippen LogP contribution in [0.2, 0.25) is 0 Å². The lowest BCUT2D eigenvalue weighted by molar-refractivity contribution is 0.660. The van der Waals surface area contributed by atoms with Gasteiger partial charge in [0.25, 0.3) is 0 Å². The monoisotopic (exact) mass is 417 g/mol. The summed E-state index contributed by atoms with van der Waals surface area (Å²) < 4.78 is 0. The van der Waals surface area contributed by atoms with E-state index in [9.17, 15) is 0 Å². The first-order chi connectivity index (χ1) is 15.4. The first kappa shape index (κ1) is 20.6. The molecule has 0 saturated heterocycles. The van der Waals surface area contributed by atoms with Crippen LogP contribution in [0.4, 0.5) is 11.4 Å². The van der Waals surface area contributed by atoms with E-state index in [1.165, 1.54) is 50.3 Å². The molecule has 0 aromatic heterocycles. The van der Waals surface area contributed by atoms with Gasteiger partial charge in [0.15, 0.2) is 0 Å². The second-order valence-electron chi connectivity index (χ2n) is 9.68. The Morgan fingerprint density at radius 2 is 1.28 bits per heavy atom. The molecular weight excluding hydrogens is 386 g/mol. The molecule has 0 unspecified atom stereocenters. The van der Waals surface area contributed by atoms with Crippen molar-refractivity contribution in [3.8, 4) is 22.3 Å². The van der Waals surface area contributed by atoms with E-state index in [1.807, 2.05) is 0 Å². The zero-order valence-electron chi connectivity index (χ0n) is 19.7. The predicted octanol–water partition coefficient (Wildman–Crippen LogP) is 8.51. The van der Waals surface area contributed by atoms with Crippen molar-refractivity contribution in [1.29, 1.82) is 0 Å². The van der Waals surface area contributed by atoms with Crippen molar-refractivity contribution in [3.05, 3.63) is 108 Å². The van der Waals surface area contributed by atoms with Crippen molar-refractivity contribution in [3.63, 3.8) is 0 Å². The topological polar surface area (TPSA) is 3.24 Å². The van der Waals surface area contributed by atoms with E-state index in [-0.39, 0.29) is 5.41 Å². The highest BCUT2D eigenvalue weighted by atomic mass is 15.2. The number of anilines is 2. The highest BCUT2D eigenvalue weighted by molar-refractivity contribution is 5.87. The number of nitrogens with zero attached hydrogens (tertiary/aromatic N) is 1. The second-order valence-corrected chi connectivity index (χ2v) is 9.68. The van der Waals surface area contributed by atoms with E-state index < -0.39 is 0 Å². The molecule has 0 aliphatic heterocycles. The normalized spacial score (nSPS) is 13.7. The molecule has 0 heterocycles. The minimum Gasteiger partial charge on any atom is -0.339 e. The van der Waals surface area contributed by atoms with Gasteiger partial charge in [0.1, 0.15) is 0 Å². The van der Waals surface area contributed by atoms with Gasteiger partial charge >= 0.3 is 0 Å². The zero-order chi connectivity index (χ0) is 22.5. The Morgan fingerprint density at radius 1 is 0.656 bits per heavy atom. The van der Waals surface area contributed by atoms with Crippen LogP contribution in [0.15, 0.2) is 91.0 Å². The van der Waals surface area contributed by atoms with E-state index >= 15 is 0 Å². The van der Waals surface area contributed by atoms with E-state index in [4.69, 9.17) is 0 Å². The number of hydrogen-bond donors (Lipinski definition) is 0. The van der Waals surface area contributed by atoms with Gasteiger partial charge in [-0.25, -0.2) is 0 Å². The molecule has 1 heteroatoms. The Kier molecular flexibility index (Phi) is 4.93. The molecule has 1 aliphatic carbocycles. The maximum Gasteiger partial charge on any atom is 0.0449 e. The van der Waals surface area contributed by atoms with E-state index in [1.54, 1.807) is 0 Å². The molecule has 32 heavy (non-hydrogen) atoms. The quantitative estimate of drug-likeness (QED) is 0.322. The summed E-state index contributed by atoms with van der Waals surface area (Å²) in [5.74, 6) is 0. The highest BCUT2D eigenvalue weighted by Gasteiger charge is 2.37. The molecule has 0 radical (unpaired) electrons. The minimum absolute atomic E-state index is 0.0369.